The van der Waals surface area contributed by atoms with Crippen LogP contribution in [0.3, 0.4) is 0 Å². The molecule has 128 valence electrons. The molecule has 0 radical (unpaired) electrons. The number of aryl methyl sites for hydroxylation is 1. The minimum Gasteiger partial charge on any atom is -0.367 e. The van der Waals surface area contributed by atoms with Gasteiger partial charge in [-0.2, -0.15) is 0 Å². The molecule has 0 amide bonds. The number of aliphatic imine (C=N–C) groups is 1. The number of fused-ring (bicyclic) bond motifs is 2. The smallest absolute Gasteiger partial charge is 0.111 e. The van der Waals surface area contributed by atoms with Gasteiger partial charge in [-0.25, -0.2) is 0 Å². The molecular weight excluding hydrogens is 376 g/mol. The zero-order valence-corrected chi connectivity index (χ0v) is 16.0. The third-order valence-corrected chi connectivity index (χ3v) is 6.16. The second-order valence-electron chi connectivity index (χ2n) is 7.07. The van der Waals surface area contributed by atoms with Crippen molar-refractivity contribution in [2.24, 2.45) is 4.99 Å². The minimum absolute atomic E-state index is 1.05. The van der Waals surface area contributed by atoms with Gasteiger partial charge in [0.2, 0.25) is 0 Å². The zero-order valence-electron chi connectivity index (χ0n) is 14.4. The molecule has 25 heavy (non-hydrogen) atoms. The summed E-state index contributed by atoms with van der Waals surface area (Å²) in [7, 11) is 2.19. The number of hydrogen-bond donors (Lipinski definition) is 0. The van der Waals surface area contributed by atoms with E-state index in [0.717, 1.165) is 49.2 Å². The molecule has 1 fully saturated rings. The van der Waals surface area contributed by atoms with Gasteiger partial charge in [-0.15, -0.1) is 0 Å². The predicted molar refractivity (Wildman–Crippen MR) is 108 cm³/mol. The van der Waals surface area contributed by atoms with Gasteiger partial charge in [0.15, 0.2) is 0 Å². The lowest BCUT2D eigenvalue weighted by Gasteiger charge is -2.35. The van der Waals surface area contributed by atoms with E-state index in [-0.39, 0.29) is 0 Å². The highest BCUT2D eigenvalue weighted by Gasteiger charge is 2.26. The average Bonchev–Trinajstić information content (AvgIpc) is 2.97. The monoisotopic (exact) mass is 396 g/mol. The number of likely N-dealkylation sites (N-methyl/N-ethyl adjacent to an activating group) is 1. The molecule has 0 atom stereocenters. The molecule has 1 aromatic carbocycles. The van der Waals surface area contributed by atoms with E-state index in [2.05, 4.69) is 74.0 Å². The molecule has 4 nitrogen and oxygen atoms in total. The van der Waals surface area contributed by atoms with Gasteiger partial charge in [-0.1, -0.05) is 6.08 Å². The van der Waals surface area contributed by atoms with E-state index < -0.39 is 0 Å². The fourth-order valence-corrected chi connectivity index (χ4v) is 4.63. The number of piperazine rings is 1. The number of halogens is 1. The Morgan fingerprint density at radius 3 is 2.76 bits per heavy atom. The van der Waals surface area contributed by atoms with Gasteiger partial charge in [0, 0.05) is 48.6 Å². The molecule has 1 aliphatic carbocycles. The average molecular weight is 397 g/mol. The van der Waals surface area contributed by atoms with Crippen LogP contribution in [0, 0.1) is 0 Å². The lowest BCUT2D eigenvalue weighted by Crippen LogP contribution is -2.44. The molecule has 5 rings (SSSR count). The summed E-state index contributed by atoms with van der Waals surface area (Å²) in [5.74, 6) is 0. The Bertz CT molecular complexity index is 901. The van der Waals surface area contributed by atoms with Gasteiger partial charge in [-0.3, -0.25) is 4.99 Å². The molecule has 0 bridgehead atoms. The summed E-state index contributed by atoms with van der Waals surface area (Å²) in [6, 6.07) is 6.65. The van der Waals surface area contributed by atoms with Gasteiger partial charge in [0.25, 0.3) is 0 Å². The molecule has 2 aromatic rings. The second-order valence-corrected chi connectivity index (χ2v) is 7.92. The van der Waals surface area contributed by atoms with Crippen molar-refractivity contribution >= 4 is 39.1 Å². The lowest BCUT2D eigenvalue weighted by molar-refractivity contribution is 0.313. The number of anilines is 1. The Balaban J connectivity index is 1.71. The molecule has 3 aliphatic rings. The minimum atomic E-state index is 1.05. The van der Waals surface area contributed by atoms with Crippen molar-refractivity contribution in [2.45, 2.75) is 12.8 Å². The number of aromatic nitrogens is 1. The molecule has 0 unspecified atom stereocenters. The Kier molecular flexibility index (Phi) is 3.61. The highest BCUT2D eigenvalue weighted by Crippen LogP contribution is 2.44. The standard InChI is InChI=1S/C20H21BrN4/c1-23-9-11-24(12-10-23)17-6-5-16(21)20-18(17)22-13-15-4-2-3-14-7-8-25(20)19(14)15/h4-8,13H,2-3,9-12H2,1H3. The largest absolute Gasteiger partial charge is 0.367 e. The summed E-state index contributed by atoms with van der Waals surface area (Å²) in [4.78, 5) is 9.82. The van der Waals surface area contributed by atoms with E-state index >= 15 is 0 Å². The van der Waals surface area contributed by atoms with Gasteiger partial charge >= 0.3 is 0 Å². The maximum absolute atomic E-state index is 4.96. The first-order valence-electron chi connectivity index (χ1n) is 8.93. The Labute approximate surface area is 156 Å². The van der Waals surface area contributed by atoms with Crippen LogP contribution in [0.15, 0.2) is 39.9 Å². The Hall–Kier alpha value is -1.85. The van der Waals surface area contributed by atoms with Crippen LogP contribution in [0.2, 0.25) is 0 Å². The third-order valence-electron chi connectivity index (χ3n) is 5.52. The van der Waals surface area contributed by atoms with Crippen molar-refractivity contribution in [1.29, 1.82) is 0 Å². The number of allylic oxidation sites excluding steroid dienone is 2. The normalized spacial score (nSPS) is 19.3. The lowest BCUT2D eigenvalue weighted by atomic mass is 9.98. The van der Waals surface area contributed by atoms with E-state index in [9.17, 15) is 0 Å². The van der Waals surface area contributed by atoms with Crippen molar-refractivity contribution in [3.8, 4) is 5.69 Å². The third kappa shape index (κ3) is 2.41. The van der Waals surface area contributed by atoms with Gasteiger partial charge in [0.1, 0.15) is 5.69 Å². The molecule has 0 saturated carbocycles. The van der Waals surface area contributed by atoms with E-state index in [1.165, 1.54) is 28.2 Å². The highest BCUT2D eigenvalue weighted by atomic mass is 79.9. The number of hydrogen-bond acceptors (Lipinski definition) is 3. The van der Waals surface area contributed by atoms with Crippen molar-refractivity contribution in [2.75, 3.05) is 38.1 Å². The van der Waals surface area contributed by atoms with Crippen molar-refractivity contribution < 1.29 is 0 Å². The van der Waals surface area contributed by atoms with Crippen LogP contribution in [0.4, 0.5) is 11.4 Å². The maximum Gasteiger partial charge on any atom is 0.111 e. The number of benzene rings is 1. The summed E-state index contributed by atoms with van der Waals surface area (Å²) in [6.07, 6.45) is 8.80. The van der Waals surface area contributed by atoms with Crippen molar-refractivity contribution in [3.63, 3.8) is 0 Å². The molecule has 3 heterocycles. The first-order valence-corrected chi connectivity index (χ1v) is 9.73. The van der Waals surface area contributed by atoms with E-state index in [1.807, 2.05) is 0 Å². The highest BCUT2D eigenvalue weighted by molar-refractivity contribution is 9.10. The predicted octanol–water partition coefficient (Wildman–Crippen LogP) is 4.04. The quantitative estimate of drug-likeness (QED) is 0.726. The molecule has 0 N–H and O–H groups in total. The summed E-state index contributed by atoms with van der Waals surface area (Å²) in [5.41, 5.74) is 7.47. The first-order chi connectivity index (χ1) is 12.2. The van der Waals surface area contributed by atoms with Crippen LogP contribution >= 0.6 is 15.9 Å². The second kappa shape index (κ2) is 5.85. The van der Waals surface area contributed by atoms with Gasteiger partial charge in [-0.05, 0) is 59.6 Å². The van der Waals surface area contributed by atoms with Crippen LogP contribution in [0.1, 0.15) is 17.7 Å². The fraction of sp³-hybridized carbons (Fsp3) is 0.350. The summed E-state index contributed by atoms with van der Waals surface area (Å²) in [5, 5.41) is 0. The zero-order chi connectivity index (χ0) is 17.0. The van der Waals surface area contributed by atoms with Crippen LogP contribution in [-0.2, 0) is 6.42 Å². The maximum atomic E-state index is 4.96. The van der Waals surface area contributed by atoms with Gasteiger partial charge < -0.3 is 14.4 Å². The number of rotatable bonds is 1. The summed E-state index contributed by atoms with van der Waals surface area (Å²) >= 11 is 3.78. The summed E-state index contributed by atoms with van der Waals surface area (Å²) < 4.78 is 3.43. The number of nitrogens with zero attached hydrogens (tertiary/aromatic N) is 4. The molecule has 5 heteroatoms. The first kappa shape index (κ1) is 15.4. The van der Waals surface area contributed by atoms with E-state index in [0.29, 0.717) is 0 Å². The van der Waals surface area contributed by atoms with E-state index in [1.54, 1.807) is 0 Å². The van der Waals surface area contributed by atoms with Crippen LogP contribution in [0.5, 0.6) is 0 Å². The molecular formula is C20H21BrN4. The van der Waals surface area contributed by atoms with Crippen LogP contribution in [0.25, 0.3) is 11.3 Å². The molecule has 1 saturated heterocycles. The Morgan fingerprint density at radius 2 is 1.92 bits per heavy atom. The SMILES string of the molecule is CN1CCN(c2ccc(Br)c3c2N=CC2=CCCc4ccn-3c42)CC1. The molecule has 1 aromatic heterocycles. The molecule has 0 spiro atoms. The topological polar surface area (TPSA) is 23.8 Å². The summed E-state index contributed by atoms with van der Waals surface area (Å²) in [6.45, 7) is 4.29. The van der Waals surface area contributed by atoms with Crippen molar-refractivity contribution in [1.82, 2.24) is 9.47 Å². The molecule has 2 aliphatic heterocycles. The fourth-order valence-electron chi connectivity index (χ4n) is 4.12. The van der Waals surface area contributed by atoms with Gasteiger partial charge in [0.05, 0.1) is 17.1 Å². The van der Waals surface area contributed by atoms with E-state index in [4.69, 9.17) is 4.99 Å². The van der Waals surface area contributed by atoms with Crippen LogP contribution < -0.4 is 4.90 Å². The van der Waals surface area contributed by atoms with Crippen LogP contribution in [-0.4, -0.2) is 48.9 Å². The van der Waals surface area contributed by atoms with Crippen molar-refractivity contribution in [3.05, 3.63) is 46.2 Å². The Morgan fingerprint density at radius 1 is 1.08 bits per heavy atom.